The highest BCUT2D eigenvalue weighted by Crippen LogP contribution is 2.47. The third-order valence-corrected chi connectivity index (χ3v) is 9.51. The molecule has 3 aromatic carbocycles. The fourth-order valence-corrected chi connectivity index (χ4v) is 7.24. The van der Waals surface area contributed by atoms with Gasteiger partial charge in [0.2, 0.25) is 0 Å². The van der Waals surface area contributed by atoms with Crippen molar-refractivity contribution in [2.75, 3.05) is 18.8 Å². The summed E-state index contributed by atoms with van der Waals surface area (Å²) in [5, 5.41) is 0. The van der Waals surface area contributed by atoms with E-state index in [0.29, 0.717) is 16.7 Å². The monoisotopic (exact) mass is 662 g/mol. The van der Waals surface area contributed by atoms with Gasteiger partial charge >= 0.3 is 0 Å². The number of benzene rings is 3. The Bertz CT molecular complexity index is 1840. The summed E-state index contributed by atoms with van der Waals surface area (Å²) in [6.07, 6.45) is 2.44. The molecule has 2 heterocycles. The standard InChI is InChI=1S/C36H38N8O3S/c1-22(2)29(39)31(47)28(36(26(45)18-37,27(46)19-38)44-21-43-34-30(44)33(40)41-20-42-34)32(48)35(23-12-6-3-7-13-23,24-14-8-4-9-15-24)25-16-10-5-11-17-25/h3-17,20-22,28-29H,18-19,37-39H2,1-2H3,(H2,40,41,42). The number of ketones is 3. The topological polar surface area (TPSA) is 199 Å². The van der Waals surface area contributed by atoms with Crippen molar-refractivity contribution in [3.63, 3.8) is 0 Å². The van der Waals surface area contributed by atoms with Crippen molar-refractivity contribution in [3.8, 4) is 0 Å². The highest BCUT2D eigenvalue weighted by atomic mass is 32.1. The largest absolute Gasteiger partial charge is 0.382 e. The second-order valence-electron chi connectivity index (χ2n) is 11.9. The van der Waals surface area contributed by atoms with Crippen LogP contribution < -0.4 is 22.9 Å². The highest BCUT2D eigenvalue weighted by Gasteiger charge is 2.61. The summed E-state index contributed by atoms with van der Waals surface area (Å²) in [4.78, 5) is 57.2. The molecule has 2 atom stereocenters. The molecular weight excluding hydrogens is 625 g/mol. The van der Waals surface area contributed by atoms with E-state index in [9.17, 15) is 9.59 Å². The molecule has 0 saturated carbocycles. The summed E-state index contributed by atoms with van der Waals surface area (Å²) < 4.78 is 1.23. The molecular formula is C36H38N8O3S. The van der Waals surface area contributed by atoms with Gasteiger partial charge in [0, 0.05) is 4.86 Å². The summed E-state index contributed by atoms with van der Waals surface area (Å²) in [6.45, 7) is 2.24. The van der Waals surface area contributed by atoms with Gasteiger partial charge in [-0.2, -0.15) is 0 Å². The second-order valence-corrected chi connectivity index (χ2v) is 12.3. The third kappa shape index (κ3) is 5.42. The number of thiocarbonyl (C=S) groups is 1. The molecule has 0 aliphatic carbocycles. The number of nitrogens with zero attached hydrogens (tertiary/aromatic N) is 4. The van der Waals surface area contributed by atoms with Crippen molar-refractivity contribution in [2.24, 2.45) is 29.0 Å². The van der Waals surface area contributed by atoms with E-state index < -0.39 is 59.3 Å². The number of hydrogen-bond donors (Lipinski definition) is 4. The summed E-state index contributed by atoms with van der Waals surface area (Å²) >= 11 is 6.59. The van der Waals surface area contributed by atoms with E-state index in [1.54, 1.807) is 13.8 Å². The molecule has 0 aliphatic heterocycles. The van der Waals surface area contributed by atoms with Crippen LogP contribution in [0, 0.1) is 11.8 Å². The highest BCUT2D eigenvalue weighted by molar-refractivity contribution is 7.80. The minimum absolute atomic E-state index is 0.0353. The van der Waals surface area contributed by atoms with Crippen molar-refractivity contribution in [3.05, 3.63) is 120 Å². The molecule has 0 amide bonds. The molecule has 0 saturated heterocycles. The van der Waals surface area contributed by atoms with E-state index in [0.717, 1.165) is 0 Å². The van der Waals surface area contributed by atoms with Gasteiger partial charge in [-0.3, -0.25) is 14.4 Å². The molecule has 0 radical (unpaired) electrons. The Hall–Kier alpha value is -5.01. The van der Waals surface area contributed by atoms with Crippen LogP contribution in [-0.4, -0.2) is 60.9 Å². The zero-order valence-corrected chi connectivity index (χ0v) is 27.5. The number of aromatic nitrogens is 4. The molecule has 0 fully saturated rings. The smallest absolute Gasteiger partial charge is 0.183 e. The molecule has 8 N–H and O–H groups in total. The van der Waals surface area contributed by atoms with Gasteiger partial charge in [-0.15, -0.1) is 0 Å². The number of rotatable bonds is 14. The Morgan fingerprint density at radius 1 is 0.771 bits per heavy atom. The van der Waals surface area contributed by atoms with Crippen LogP contribution in [0.15, 0.2) is 104 Å². The summed E-state index contributed by atoms with van der Waals surface area (Å²) in [5.41, 5.74) is 23.6. The Balaban J connectivity index is 2.02. The van der Waals surface area contributed by atoms with Crippen LogP contribution in [0.5, 0.6) is 0 Å². The van der Waals surface area contributed by atoms with Gasteiger partial charge in [0.15, 0.2) is 34.4 Å². The maximum Gasteiger partial charge on any atom is 0.183 e. The van der Waals surface area contributed by atoms with Crippen LogP contribution in [0.3, 0.4) is 0 Å². The number of imidazole rings is 1. The average molecular weight is 663 g/mol. The minimum Gasteiger partial charge on any atom is -0.382 e. The summed E-state index contributed by atoms with van der Waals surface area (Å²) in [7, 11) is 0. The maximum absolute atomic E-state index is 15.2. The number of Topliss-reactive ketones (excluding diaryl/α,β-unsaturated/α-hetero) is 3. The number of nitrogens with two attached hydrogens (primary N) is 4. The van der Waals surface area contributed by atoms with Gasteiger partial charge in [-0.25, -0.2) is 15.0 Å². The fourth-order valence-electron chi connectivity index (χ4n) is 6.60. The van der Waals surface area contributed by atoms with Gasteiger partial charge in [-0.1, -0.05) is 117 Å². The minimum atomic E-state index is -2.47. The Labute approximate surface area is 283 Å². The van der Waals surface area contributed by atoms with Crippen LogP contribution in [0.25, 0.3) is 11.2 Å². The van der Waals surface area contributed by atoms with Crippen molar-refractivity contribution in [2.45, 2.75) is 30.8 Å². The number of anilines is 1. The SMILES string of the molecule is CC(C)C(N)C(=O)C(C(=S)C(c1ccccc1)(c1ccccc1)c1ccccc1)C(C(=O)CN)(C(=O)CN)n1cnc2ncnc(N)c21. The first-order valence-electron chi connectivity index (χ1n) is 15.5. The zero-order valence-electron chi connectivity index (χ0n) is 26.7. The predicted octanol–water partition coefficient (Wildman–Crippen LogP) is 2.73. The normalized spacial score (nSPS) is 13.3. The van der Waals surface area contributed by atoms with Crippen LogP contribution in [0.4, 0.5) is 5.82 Å². The van der Waals surface area contributed by atoms with E-state index in [1.165, 1.54) is 17.2 Å². The summed E-state index contributed by atoms with van der Waals surface area (Å²) in [5.74, 6) is -4.52. The van der Waals surface area contributed by atoms with Crippen molar-refractivity contribution < 1.29 is 14.4 Å². The van der Waals surface area contributed by atoms with Gasteiger partial charge < -0.3 is 27.5 Å². The molecule has 0 bridgehead atoms. The van der Waals surface area contributed by atoms with Crippen LogP contribution >= 0.6 is 12.2 Å². The van der Waals surface area contributed by atoms with Crippen molar-refractivity contribution in [1.82, 2.24) is 19.5 Å². The first-order valence-corrected chi connectivity index (χ1v) is 15.9. The lowest BCUT2D eigenvalue weighted by Crippen LogP contribution is -2.66. The average Bonchev–Trinajstić information content (AvgIpc) is 3.56. The van der Waals surface area contributed by atoms with E-state index in [2.05, 4.69) is 15.0 Å². The number of nitrogen functional groups attached to an aromatic ring is 1. The molecule has 5 aromatic rings. The molecule has 246 valence electrons. The summed E-state index contributed by atoms with van der Waals surface area (Å²) in [6, 6.07) is 27.0. The molecule has 2 aromatic heterocycles. The van der Waals surface area contributed by atoms with Gasteiger partial charge in [0.25, 0.3) is 0 Å². The predicted molar refractivity (Wildman–Crippen MR) is 189 cm³/mol. The second kappa shape index (κ2) is 14.0. The Morgan fingerprint density at radius 3 is 1.65 bits per heavy atom. The van der Waals surface area contributed by atoms with E-state index >= 15 is 4.79 Å². The lowest BCUT2D eigenvalue weighted by Gasteiger charge is -2.46. The van der Waals surface area contributed by atoms with Crippen LogP contribution in [0.2, 0.25) is 0 Å². The lowest BCUT2D eigenvalue weighted by atomic mass is 9.59. The molecule has 11 nitrogen and oxygen atoms in total. The van der Waals surface area contributed by atoms with Crippen molar-refractivity contribution in [1.29, 1.82) is 0 Å². The molecule has 0 spiro atoms. The number of carbonyl (C=O) groups excluding carboxylic acids is 3. The van der Waals surface area contributed by atoms with E-state index in [1.807, 2.05) is 91.0 Å². The molecule has 12 heteroatoms. The third-order valence-electron chi connectivity index (χ3n) is 8.97. The lowest BCUT2D eigenvalue weighted by molar-refractivity contribution is -0.145. The van der Waals surface area contributed by atoms with E-state index in [4.69, 9.17) is 35.2 Å². The first kappa shape index (κ1) is 34.3. The van der Waals surface area contributed by atoms with Crippen LogP contribution in [0.1, 0.15) is 30.5 Å². The molecule has 0 aliphatic rings. The van der Waals surface area contributed by atoms with E-state index in [-0.39, 0.29) is 21.8 Å². The number of carbonyl (C=O) groups is 3. The van der Waals surface area contributed by atoms with Crippen molar-refractivity contribution >= 4 is 51.4 Å². The van der Waals surface area contributed by atoms with Gasteiger partial charge in [0.1, 0.15) is 11.8 Å². The maximum atomic E-state index is 15.2. The van der Waals surface area contributed by atoms with Gasteiger partial charge in [-0.05, 0) is 22.6 Å². The zero-order chi connectivity index (χ0) is 34.6. The van der Waals surface area contributed by atoms with Crippen LogP contribution in [-0.2, 0) is 25.3 Å². The molecule has 2 unspecified atom stereocenters. The van der Waals surface area contributed by atoms with Gasteiger partial charge in [0.05, 0.1) is 36.8 Å². The number of fused-ring (bicyclic) bond motifs is 1. The molecule has 48 heavy (non-hydrogen) atoms. The molecule has 5 rings (SSSR count). The first-order chi connectivity index (χ1) is 23.1. The fraction of sp³-hybridized carbons (Fsp3) is 0.250. The number of hydrogen-bond acceptors (Lipinski definition) is 11. The Morgan fingerprint density at radius 2 is 1.23 bits per heavy atom. The Kier molecular flexibility index (Phi) is 10.0. The quantitative estimate of drug-likeness (QED) is 0.0774.